The van der Waals surface area contributed by atoms with Crippen LogP contribution >= 0.6 is 0 Å². The number of nitrogens with zero attached hydrogens (tertiary/aromatic N) is 2. The van der Waals surface area contributed by atoms with Crippen molar-refractivity contribution in [2.45, 2.75) is 59.4 Å². The van der Waals surface area contributed by atoms with Crippen LogP contribution < -0.4 is 4.74 Å². The Balaban J connectivity index is 1.99. The molecule has 2 aromatic rings. The van der Waals surface area contributed by atoms with E-state index in [1.807, 2.05) is 30.3 Å². The van der Waals surface area contributed by atoms with Gasteiger partial charge in [-0.2, -0.15) is 0 Å². The molecule has 0 spiro atoms. The number of carbonyl (C=O) groups is 2. The number of hydrogen-bond donors (Lipinski definition) is 1. The maximum absolute atomic E-state index is 13.3. The lowest BCUT2D eigenvalue weighted by molar-refractivity contribution is -0.140. The molecule has 0 radical (unpaired) electrons. The molecule has 1 aliphatic heterocycles. The van der Waals surface area contributed by atoms with Crippen molar-refractivity contribution in [3.63, 3.8) is 0 Å². The number of benzene rings is 2. The van der Waals surface area contributed by atoms with E-state index < -0.39 is 17.7 Å². The average molecular weight is 493 g/mol. The van der Waals surface area contributed by atoms with Gasteiger partial charge >= 0.3 is 0 Å². The number of rotatable bonds is 13. The number of aryl methyl sites for hydroxylation is 1. The lowest BCUT2D eigenvalue weighted by atomic mass is 9.94. The van der Waals surface area contributed by atoms with Crippen molar-refractivity contribution in [3.8, 4) is 5.75 Å². The van der Waals surface area contributed by atoms with Crippen LogP contribution in [-0.4, -0.2) is 59.4 Å². The van der Waals surface area contributed by atoms with Crippen molar-refractivity contribution in [2.24, 2.45) is 0 Å². The van der Waals surface area contributed by atoms with Crippen molar-refractivity contribution < 1.29 is 19.4 Å². The number of unbranched alkanes of at least 4 members (excludes halogenated alkanes) is 1. The first-order valence-electron chi connectivity index (χ1n) is 13.3. The van der Waals surface area contributed by atoms with Crippen LogP contribution in [0.2, 0.25) is 0 Å². The van der Waals surface area contributed by atoms with Crippen molar-refractivity contribution in [2.75, 3.05) is 32.8 Å². The third kappa shape index (κ3) is 6.35. The molecule has 1 aliphatic rings. The summed E-state index contributed by atoms with van der Waals surface area (Å²) in [5.41, 5.74) is 2.61. The molecular formula is C30H40N2O4. The average Bonchev–Trinajstić information content (AvgIpc) is 3.16. The normalized spacial score (nSPS) is 17.2. The number of likely N-dealkylation sites (tertiary alicyclic amines) is 1. The van der Waals surface area contributed by atoms with Crippen LogP contribution in [0.25, 0.3) is 5.76 Å². The Morgan fingerprint density at radius 3 is 2.36 bits per heavy atom. The predicted octanol–water partition coefficient (Wildman–Crippen LogP) is 5.58. The van der Waals surface area contributed by atoms with E-state index in [1.165, 1.54) is 5.56 Å². The number of amides is 1. The van der Waals surface area contributed by atoms with Gasteiger partial charge in [-0.25, -0.2) is 0 Å². The summed E-state index contributed by atoms with van der Waals surface area (Å²) in [6.45, 7) is 12.2. The van der Waals surface area contributed by atoms with E-state index in [0.717, 1.165) is 50.9 Å². The predicted molar refractivity (Wildman–Crippen MR) is 144 cm³/mol. The topological polar surface area (TPSA) is 70.1 Å². The third-order valence-corrected chi connectivity index (χ3v) is 6.89. The number of hydrogen-bond acceptors (Lipinski definition) is 5. The molecule has 1 atom stereocenters. The second kappa shape index (κ2) is 13.3. The number of aliphatic hydroxyl groups excluding tert-OH is 1. The highest BCUT2D eigenvalue weighted by atomic mass is 16.5. The van der Waals surface area contributed by atoms with Gasteiger partial charge in [0.25, 0.3) is 11.7 Å². The van der Waals surface area contributed by atoms with Crippen LogP contribution in [0.3, 0.4) is 0 Å². The minimum absolute atomic E-state index is 0.137. The summed E-state index contributed by atoms with van der Waals surface area (Å²) in [6, 6.07) is 14.4. The Kier molecular flexibility index (Phi) is 10.1. The van der Waals surface area contributed by atoms with E-state index >= 15 is 0 Å². The van der Waals surface area contributed by atoms with Gasteiger partial charge in [0, 0.05) is 12.1 Å². The first-order valence-corrected chi connectivity index (χ1v) is 13.3. The maximum Gasteiger partial charge on any atom is 0.295 e. The summed E-state index contributed by atoms with van der Waals surface area (Å²) < 4.78 is 5.80. The molecule has 0 bridgehead atoms. The Bertz CT molecular complexity index is 1060. The Morgan fingerprint density at radius 1 is 1.00 bits per heavy atom. The number of aliphatic hydroxyl groups is 1. The van der Waals surface area contributed by atoms with Crippen LogP contribution in [0.1, 0.15) is 69.7 Å². The van der Waals surface area contributed by atoms with Crippen LogP contribution in [-0.2, 0) is 16.0 Å². The molecule has 2 aromatic carbocycles. The number of ether oxygens (including phenoxy) is 1. The molecular weight excluding hydrogens is 452 g/mol. The fourth-order valence-electron chi connectivity index (χ4n) is 4.62. The molecule has 6 heteroatoms. The Morgan fingerprint density at radius 2 is 1.72 bits per heavy atom. The SMILES string of the molecule is CCCCOc1cccc(C(O)=C2C(=O)C(=O)N(CCCN(CC)CC)C2c2ccc(CC)cc2)c1. The second-order valence-electron chi connectivity index (χ2n) is 9.20. The van der Waals surface area contributed by atoms with Gasteiger partial charge in [-0.1, -0.05) is 70.5 Å². The van der Waals surface area contributed by atoms with Crippen molar-refractivity contribution in [1.29, 1.82) is 0 Å². The van der Waals surface area contributed by atoms with E-state index in [-0.39, 0.29) is 11.3 Å². The molecule has 1 amide bonds. The molecule has 0 aliphatic carbocycles. The van der Waals surface area contributed by atoms with Crippen LogP contribution in [0.4, 0.5) is 0 Å². The van der Waals surface area contributed by atoms with Crippen molar-refractivity contribution in [1.82, 2.24) is 9.80 Å². The van der Waals surface area contributed by atoms with Gasteiger partial charge in [-0.3, -0.25) is 9.59 Å². The second-order valence-corrected chi connectivity index (χ2v) is 9.20. The zero-order valence-corrected chi connectivity index (χ0v) is 22.1. The summed E-state index contributed by atoms with van der Waals surface area (Å²) in [4.78, 5) is 30.4. The van der Waals surface area contributed by atoms with E-state index in [9.17, 15) is 14.7 Å². The summed E-state index contributed by atoms with van der Waals surface area (Å²) in [5.74, 6) is -0.733. The molecule has 1 heterocycles. The van der Waals surface area contributed by atoms with Gasteiger partial charge in [0.2, 0.25) is 0 Å². The molecule has 0 aromatic heterocycles. The quantitative estimate of drug-likeness (QED) is 0.171. The molecule has 194 valence electrons. The molecule has 1 saturated heterocycles. The van der Waals surface area contributed by atoms with Crippen LogP contribution in [0, 0.1) is 0 Å². The molecule has 1 fully saturated rings. The number of ketones is 1. The highest BCUT2D eigenvalue weighted by molar-refractivity contribution is 6.46. The monoisotopic (exact) mass is 492 g/mol. The van der Waals surface area contributed by atoms with Crippen LogP contribution in [0.15, 0.2) is 54.1 Å². The molecule has 0 saturated carbocycles. The Hall–Kier alpha value is -3.12. The molecule has 1 N–H and O–H groups in total. The molecule has 1 unspecified atom stereocenters. The largest absolute Gasteiger partial charge is 0.507 e. The zero-order valence-electron chi connectivity index (χ0n) is 22.1. The van der Waals surface area contributed by atoms with Crippen molar-refractivity contribution in [3.05, 3.63) is 70.8 Å². The summed E-state index contributed by atoms with van der Waals surface area (Å²) in [5, 5.41) is 11.4. The van der Waals surface area contributed by atoms with E-state index in [2.05, 4.69) is 32.6 Å². The van der Waals surface area contributed by atoms with Gasteiger partial charge in [0.15, 0.2) is 0 Å². The first-order chi connectivity index (χ1) is 17.4. The fourth-order valence-corrected chi connectivity index (χ4v) is 4.62. The highest BCUT2D eigenvalue weighted by Crippen LogP contribution is 2.40. The minimum atomic E-state index is -0.641. The number of carbonyl (C=O) groups excluding carboxylic acids is 2. The van der Waals surface area contributed by atoms with Gasteiger partial charge in [-0.15, -0.1) is 0 Å². The van der Waals surface area contributed by atoms with Gasteiger partial charge in [-0.05, 0) is 62.2 Å². The van der Waals surface area contributed by atoms with E-state index in [1.54, 1.807) is 23.1 Å². The number of Topliss-reactive ketones (excluding diaryl/α,β-unsaturated/α-hetero) is 1. The van der Waals surface area contributed by atoms with Crippen molar-refractivity contribution >= 4 is 17.4 Å². The van der Waals surface area contributed by atoms with Crippen LogP contribution in [0.5, 0.6) is 5.75 Å². The minimum Gasteiger partial charge on any atom is -0.507 e. The molecule has 3 rings (SSSR count). The lowest BCUT2D eigenvalue weighted by Crippen LogP contribution is -2.33. The lowest BCUT2D eigenvalue weighted by Gasteiger charge is -2.27. The van der Waals surface area contributed by atoms with Gasteiger partial charge in [0.05, 0.1) is 18.2 Å². The molecule has 36 heavy (non-hydrogen) atoms. The maximum atomic E-state index is 13.3. The summed E-state index contributed by atoms with van der Waals surface area (Å²) >= 11 is 0. The van der Waals surface area contributed by atoms with E-state index in [0.29, 0.717) is 24.5 Å². The fraction of sp³-hybridized carbons (Fsp3) is 0.467. The molecule has 6 nitrogen and oxygen atoms in total. The summed E-state index contributed by atoms with van der Waals surface area (Å²) in [7, 11) is 0. The standard InChI is InChI=1S/C30H40N2O4/c1-5-9-20-36-25-13-10-12-24(21-25)28(33)26-27(23-16-14-22(6-2)15-17-23)32(30(35)29(26)34)19-11-18-31(7-3)8-4/h10,12-17,21,27,33H,5-9,11,18-20H2,1-4H3. The zero-order chi connectivity index (χ0) is 26.1. The van der Waals surface area contributed by atoms with Gasteiger partial charge in [0.1, 0.15) is 11.5 Å². The van der Waals surface area contributed by atoms with Gasteiger partial charge < -0.3 is 19.6 Å². The smallest absolute Gasteiger partial charge is 0.295 e. The Labute approximate surface area is 215 Å². The highest BCUT2D eigenvalue weighted by Gasteiger charge is 2.45. The van der Waals surface area contributed by atoms with E-state index in [4.69, 9.17) is 4.74 Å². The summed E-state index contributed by atoms with van der Waals surface area (Å²) in [6.07, 6.45) is 3.60. The third-order valence-electron chi connectivity index (χ3n) is 6.89. The first kappa shape index (κ1) is 27.5.